The van der Waals surface area contributed by atoms with Crippen LogP contribution in [0.4, 0.5) is 0 Å². The van der Waals surface area contributed by atoms with Crippen molar-refractivity contribution in [1.82, 2.24) is 24.7 Å². The molecule has 0 saturated carbocycles. The maximum atomic E-state index is 10.8. The first-order chi connectivity index (χ1) is 16.4. The summed E-state index contributed by atoms with van der Waals surface area (Å²) in [6.45, 7) is 9.54. The third-order valence-electron chi connectivity index (χ3n) is 7.18. The number of nitrogens with zero attached hydrogens (tertiary/aromatic N) is 4. The number of rotatable bonds is 7. The zero-order valence-corrected chi connectivity index (χ0v) is 21.0. The van der Waals surface area contributed by atoms with Crippen LogP contribution in [0, 0.1) is 6.92 Å². The highest BCUT2D eigenvalue weighted by Gasteiger charge is 2.23. The van der Waals surface area contributed by atoms with E-state index < -0.39 is 10.7 Å². The molecule has 180 valence electrons. The van der Waals surface area contributed by atoms with Gasteiger partial charge in [0.2, 0.25) is 0 Å². The fraction of sp³-hybridized carbons (Fsp3) is 0.462. The largest absolute Gasteiger partial charge is 0.354 e. The van der Waals surface area contributed by atoms with Crippen LogP contribution in [0.2, 0.25) is 0 Å². The highest BCUT2D eigenvalue weighted by atomic mass is 32.2. The number of pyridine rings is 1. The van der Waals surface area contributed by atoms with Crippen LogP contribution in [-0.2, 0) is 10.7 Å². The third kappa shape index (κ3) is 4.49. The van der Waals surface area contributed by atoms with Crippen molar-refractivity contribution in [3.63, 3.8) is 0 Å². The van der Waals surface area contributed by atoms with E-state index in [0.717, 1.165) is 50.1 Å². The van der Waals surface area contributed by atoms with E-state index in [2.05, 4.69) is 71.3 Å². The molecule has 1 saturated heterocycles. The Morgan fingerprint density at radius 1 is 1.15 bits per heavy atom. The second-order valence-corrected chi connectivity index (χ2v) is 11.0. The lowest BCUT2D eigenvalue weighted by Gasteiger charge is -2.32. The predicted molar refractivity (Wildman–Crippen MR) is 137 cm³/mol. The van der Waals surface area contributed by atoms with Gasteiger partial charge in [-0.2, -0.15) is 0 Å². The molecule has 1 fully saturated rings. The molecule has 1 aliphatic heterocycles. The zero-order valence-electron chi connectivity index (χ0n) is 20.1. The number of aromatic nitrogens is 4. The van der Waals surface area contributed by atoms with E-state index >= 15 is 0 Å². The Labute approximate surface area is 202 Å². The van der Waals surface area contributed by atoms with Gasteiger partial charge in [-0.3, -0.25) is 0 Å². The molecule has 1 aliphatic rings. The fourth-order valence-corrected chi connectivity index (χ4v) is 5.87. The molecule has 1 N–H and O–H groups in total. The normalized spacial score (nSPS) is 15.9. The Morgan fingerprint density at radius 3 is 2.68 bits per heavy atom. The summed E-state index contributed by atoms with van der Waals surface area (Å²) in [6.07, 6.45) is 4.78. The molecule has 0 bridgehead atoms. The van der Waals surface area contributed by atoms with Crippen molar-refractivity contribution in [2.45, 2.75) is 51.9 Å². The minimum Gasteiger partial charge on any atom is -0.354 e. The molecule has 0 aliphatic carbocycles. The van der Waals surface area contributed by atoms with Gasteiger partial charge in [0.05, 0.1) is 17.4 Å². The molecule has 0 spiro atoms. The van der Waals surface area contributed by atoms with Crippen LogP contribution in [0.15, 0.2) is 36.5 Å². The fourth-order valence-electron chi connectivity index (χ4n) is 5.47. The van der Waals surface area contributed by atoms with Gasteiger partial charge in [0.1, 0.15) is 10.7 Å². The average Bonchev–Trinajstić information content (AvgIpc) is 3.44. The molecule has 7 nitrogen and oxygen atoms in total. The Hall–Kier alpha value is -2.71. The van der Waals surface area contributed by atoms with Crippen molar-refractivity contribution < 1.29 is 8.42 Å². The van der Waals surface area contributed by atoms with Crippen molar-refractivity contribution in [1.29, 1.82) is 0 Å². The molecule has 4 heterocycles. The Bertz CT molecular complexity index is 1390. The van der Waals surface area contributed by atoms with Gasteiger partial charge >= 0.3 is 0 Å². The Morgan fingerprint density at radius 2 is 1.94 bits per heavy atom. The first kappa shape index (κ1) is 23.1. The van der Waals surface area contributed by atoms with Crippen molar-refractivity contribution >= 4 is 27.1 Å². The Balaban J connectivity index is 1.43. The summed E-state index contributed by atoms with van der Waals surface area (Å²) in [4.78, 5) is 6.12. The topological polar surface area (TPSA) is 83.4 Å². The van der Waals surface area contributed by atoms with E-state index in [1.165, 1.54) is 33.3 Å². The van der Waals surface area contributed by atoms with Gasteiger partial charge in [0.25, 0.3) is 0 Å². The molecule has 8 heteroatoms. The first-order valence-corrected chi connectivity index (χ1v) is 13.6. The van der Waals surface area contributed by atoms with Gasteiger partial charge in [0.15, 0.2) is 0 Å². The number of H-pyrrole nitrogens is 1. The summed E-state index contributed by atoms with van der Waals surface area (Å²) < 4.78 is 23.5. The molecule has 0 amide bonds. The highest BCUT2D eigenvalue weighted by molar-refractivity contribution is 7.72. The lowest BCUT2D eigenvalue weighted by atomic mass is 9.87. The molecular formula is C26H33N5O2S. The minimum absolute atomic E-state index is 0.295. The smallest absolute Gasteiger partial charge is 0.140 e. The molecular weight excluding hydrogens is 446 g/mol. The molecule has 0 atom stereocenters. The number of benzene rings is 1. The van der Waals surface area contributed by atoms with Gasteiger partial charge < -0.3 is 9.88 Å². The van der Waals surface area contributed by atoms with Crippen LogP contribution in [0.5, 0.6) is 0 Å². The lowest BCUT2D eigenvalue weighted by Crippen LogP contribution is -2.34. The monoisotopic (exact) mass is 479 g/mol. The quantitative estimate of drug-likeness (QED) is 0.382. The maximum Gasteiger partial charge on any atom is 0.140 e. The minimum atomic E-state index is -2.26. The third-order valence-corrected chi connectivity index (χ3v) is 7.86. The first-order valence-electron chi connectivity index (χ1n) is 12.2. The molecule has 1 aromatic carbocycles. The number of hydrogen-bond acceptors (Lipinski definition) is 5. The van der Waals surface area contributed by atoms with Gasteiger partial charge in [-0.15, -0.1) is 5.10 Å². The summed E-state index contributed by atoms with van der Waals surface area (Å²) in [6, 6.07) is 11.3. The van der Waals surface area contributed by atoms with Gasteiger partial charge in [-0.1, -0.05) is 25.1 Å². The van der Waals surface area contributed by atoms with Gasteiger partial charge in [-0.25, -0.2) is 12.9 Å². The lowest BCUT2D eigenvalue weighted by molar-refractivity contribution is 0.213. The van der Waals surface area contributed by atoms with Gasteiger partial charge in [-0.05, 0) is 93.0 Å². The van der Waals surface area contributed by atoms with Gasteiger partial charge in [0, 0.05) is 27.9 Å². The molecule has 4 aromatic rings. The summed E-state index contributed by atoms with van der Waals surface area (Å²) in [5, 5.41) is 9.55. The van der Waals surface area contributed by atoms with Crippen LogP contribution < -0.4 is 0 Å². The van der Waals surface area contributed by atoms with Crippen LogP contribution >= 0.6 is 0 Å². The van der Waals surface area contributed by atoms with Crippen LogP contribution in [-0.4, -0.2) is 58.5 Å². The van der Waals surface area contributed by atoms with Crippen LogP contribution in [0.25, 0.3) is 27.7 Å². The van der Waals surface area contributed by atoms with Crippen molar-refractivity contribution in [2.24, 2.45) is 0 Å². The number of thiol groups is 1. The summed E-state index contributed by atoms with van der Waals surface area (Å²) in [7, 11) is -2.26. The number of likely N-dealkylation sites (tertiary alicyclic amines) is 1. The van der Waals surface area contributed by atoms with Crippen molar-refractivity contribution in [3.05, 3.63) is 53.3 Å². The van der Waals surface area contributed by atoms with E-state index in [1.54, 1.807) is 6.20 Å². The van der Waals surface area contributed by atoms with Crippen LogP contribution in [0.3, 0.4) is 0 Å². The summed E-state index contributed by atoms with van der Waals surface area (Å²) in [5.74, 6) is 1.23. The predicted octanol–water partition coefficient (Wildman–Crippen LogP) is 4.49. The van der Waals surface area contributed by atoms with E-state index in [1.807, 2.05) is 4.52 Å². The standard InChI is InChI=1S/C26H33N5O2S/c1-17(2)25-23-15-20(19-7-10-30(11-8-19)9-4-12-34(32)33)5-6-24(23)28-26(25)21-13-18(3)31-22(14-21)16-27-29-31/h5-6,13-17,19,28,34H,4,7-12H2,1-3H3. The SMILES string of the molecule is Cc1cc(-c2[nH]c3ccc(C4CCN(CCC[SH](=O)=O)CC4)cc3c2C(C)C)cc2cnnn12. The number of aryl methyl sites for hydroxylation is 1. The number of hydrogen-bond donors (Lipinski definition) is 2. The molecule has 5 rings (SSSR count). The van der Waals surface area contributed by atoms with E-state index in [4.69, 9.17) is 0 Å². The number of nitrogens with one attached hydrogen (secondary N) is 1. The second-order valence-electron chi connectivity index (χ2n) is 9.86. The van der Waals surface area contributed by atoms with Crippen molar-refractivity contribution in [2.75, 3.05) is 25.4 Å². The van der Waals surface area contributed by atoms with E-state index in [9.17, 15) is 8.42 Å². The Kier molecular flexibility index (Phi) is 6.44. The van der Waals surface area contributed by atoms with Crippen molar-refractivity contribution in [3.8, 4) is 11.3 Å². The molecule has 0 unspecified atom stereocenters. The maximum absolute atomic E-state index is 10.8. The van der Waals surface area contributed by atoms with Crippen LogP contribution in [0.1, 0.15) is 61.8 Å². The summed E-state index contributed by atoms with van der Waals surface area (Å²) >= 11 is 0. The molecule has 34 heavy (non-hydrogen) atoms. The van der Waals surface area contributed by atoms with E-state index in [-0.39, 0.29) is 0 Å². The average molecular weight is 480 g/mol. The number of aromatic amines is 1. The second kappa shape index (κ2) is 9.50. The molecule has 0 radical (unpaired) electrons. The van der Waals surface area contributed by atoms with E-state index in [0.29, 0.717) is 17.6 Å². The number of piperidine rings is 1. The zero-order chi connectivity index (χ0) is 23.8. The number of fused-ring (bicyclic) bond motifs is 2. The highest BCUT2D eigenvalue weighted by Crippen LogP contribution is 2.38. The summed E-state index contributed by atoms with van der Waals surface area (Å²) in [5.41, 5.74) is 8.36. The molecule has 3 aromatic heterocycles.